The lowest BCUT2D eigenvalue weighted by molar-refractivity contribution is -0.131. The molecule has 0 saturated carbocycles. The minimum absolute atomic E-state index is 0.0222. The molecular weight excluding hydrogens is 371 g/mol. The van der Waals surface area contributed by atoms with E-state index in [0.29, 0.717) is 12.0 Å². The van der Waals surface area contributed by atoms with Crippen molar-refractivity contribution < 1.29 is 22.3 Å². The van der Waals surface area contributed by atoms with Crippen molar-refractivity contribution in [2.45, 2.75) is 30.7 Å². The van der Waals surface area contributed by atoms with Crippen LogP contribution in [0.3, 0.4) is 0 Å². The van der Waals surface area contributed by atoms with Crippen molar-refractivity contribution in [3.05, 3.63) is 59.4 Å². The van der Waals surface area contributed by atoms with E-state index in [9.17, 15) is 17.6 Å². The van der Waals surface area contributed by atoms with Gasteiger partial charge in [0.25, 0.3) is 0 Å². The predicted molar refractivity (Wildman–Crippen MR) is 100 cm³/mol. The Hall–Kier alpha value is -2.45. The van der Waals surface area contributed by atoms with Gasteiger partial charge in [0.15, 0.2) is 11.6 Å². The first-order valence-corrected chi connectivity index (χ1v) is 9.89. The van der Waals surface area contributed by atoms with Crippen LogP contribution in [0.5, 0.6) is 5.75 Å². The Morgan fingerprint density at radius 1 is 1.22 bits per heavy atom. The summed E-state index contributed by atoms with van der Waals surface area (Å²) in [4.78, 5) is 14.1. The topological polar surface area (TPSA) is 89.7 Å². The van der Waals surface area contributed by atoms with Crippen LogP contribution in [-0.4, -0.2) is 33.4 Å². The van der Waals surface area contributed by atoms with Gasteiger partial charge in [-0.15, -0.1) is 0 Å². The van der Waals surface area contributed by atoms with Crippen LogP contribution in [0.15, 0.2) is 47.4 Å². The molecule has 1 unspecified atom stereocenters. The maximum atomic E-state index is 13.7. The summed E-state index contributed by atoms with van der Waals surface area (Å²) in [5, 5.41) is 5.09. The molecule has 0 saturated heterocycles. The molecule has 2 aromatic rings. The van der Waals surface area contributed by atoms with Gasteiger partial charge < -0.3 is 9.64 Å². The lowest BCUT2D eigenvalue weighted by Gasteiger charge is -2.25. The van der Waals surface area contributed by atoms with Crippen molar-refractivity contribution in [2.75, 3.05) is 14.2 Å². The number of hydrogen-bond donors (Lipinski definition) is 1. The molecule has 1 amide bonds. The maximum absolute atomic E-state index is 13.7. The summed E-state index contributed by atoms with van der Waals surface area (Å²) in [6.45, 7) is 1.84. The van der Waals surface area contributed by atoms with E-state index < -0.39 is 15.8 Å². The summed E-state index contributed by atoms with van der Waals surface area (Å²) in [7, 11) is -0.678. The van der Waals surface area contributed by atoms with Crippen LogP contribution in [0.4, 0.5) is 4.39 Å². The van der Waals surface area contributed by atoms with Gasteiger partial charge in [-0.25, -0.2) is 17.9 Å². The second kappa shape index (κ2) is 8.49. The summed E-state index contributed by atoms with van der Waals surface area (Å²) >= 11 is 0. The zero-order valence-corrected chi connectivity index (χ0v) is 16.3. The van der Waals surface area contributed by atoms with E-state index >= 15 is 0 Å². The van der Waals surface area contributed by atoms with E-state index in [1.807, 2.05) is 6.92 Å². The number of nitrogens with zero attached hydrogens (tertiary/aromatic N) is 1. The number of aryl methyl sites for hydroxylation is 1. The Morgan fingerprint density at radius 3 is 2.37 bits per heavy atom. The van der Waals surface area contributed by atoms with Crippen molar-refractivity contribution in [3.63, 3.8) is 0 Å². The summed E-state index contributed by atoms with van der Waals surface area (Å²) in [6, 6.07) is 10.5. The molecule has 27 heavy (non-hydrogen) atoms. The van der Waals surface area contributed by atoms with E-state index in [-0.39, 0.29) is 29.0 Å². The normalized spacial score (nSPS) is 12.5. The Labute approximate surface area is 158 Å². The van der Waals surface area contributed by atoms with E-state index in [1.54, 1.807) is 30.1 Å². The standard InChI is InChI=1S/C19H23FN2O4S/c1-13(15-6-8-16(9-7-15)27(21,24)25)22(2)19(23)11-5-14-4-10-18(26-3)17(20)12-14/h4,6-10,12-13H,5,11H2,1-3H3,(H2,21,24,25). The summed E-state index contributed by atoms with van der Waals surface area (Å²) in [5.74, 6) is -0.396. The van der Waals surface area contributed by atoms with Crippen molar-refractivity contribution >= 4 is 15.9 Å². The number of methoxy groups -OCH3 is 1. The molecule has 0 aliphatic heterocycles. The van der Waals surface area contributed by atoms with E-state index in [2.05, 4.69) is 0 Å². The molecule has 6 nitrogen and oxygen atoms in total. The molecule has 0 spiro atoms. The molecule has 0 bridgehead atoms. The first-order chi connectivity index (χ1) is 12.6. The lowest BCUT2D eigenvalue weighted by Crippen LogP contribution is -2.29. The van der Waals surface area contributed by atoms with Crippen LogP contribution < -0.4 is 9.88 Å². The molecule has 0 radical (unpaired) electrons. The van der Waals surface area contributed by atoms with Gasteiger partial charge in [0.05, 0.1) is 18.0 Å². The van der Waals surface area contributed by atoms with E-state index in [1.165, 1.54) is 31.4 Å². The van der Waals surface area contributed by atoms with Gasteiger partial charge in [-0.2, -0.15) is 0 Å². The maximum Gasteiger partial charge on any atom is 0.238 e. The van der Waals surface area contributed by atoms with E-state index in [4.69, 9.17) is 9.88 Å². The lowest BCUT2D eigenvalue weighted by atomic mass is 10.1. The molecule has 0 aliphatic carbocycles. The molecule has 0 aromatic heterocycles. The van der Waals surface area contributed by atoms with E-state index in [0.717, 1.165) is 5.56 Å². The minimum atomic E-state index is -3.75. The third-order valence-corrected chi connectivity index (χ3v) is 5.44. The van der Waals surface area contributed by atoms with Gasteiger partial charge in [0, 0.05) is 13.5 Å². The molecule has 8 heteroatoms. The Bertz CT molecular complexity index is 914. The number of nitrogens with two attached hydrogens (primary N) is 1. The van der Waals surface area contributed by atoms with Crippen molar-refractivity contribution in [1.29, 1.82) is 0 Å². The molecule has 146 valence electrons. The van der Waals surface area contributed by atoms with Gasteiger partial charge in [-0.1, -0.05) is 18.2 Å². The summed E-state index contributed by atoms with van der Waals surface area (Å²) in [5.41, 5.74) is 1.49. The third kappa shape index (κ3) is 5.27. The highest BCUT2D eigenvalue weighted by atomic mass is 32.2. The van der Waals surface area contributed by atoms with Gasteiger partial charge >= 0.3 is 0 Å². The predicted octanol–water partition coefficient (Wildman–Crippen LogP) is 2.63. The number of sulfonamides is 1. The number of carbonyl (C=O) groups is 1. The number of halogens is 1. The second-order valence-electron chi connectivity index (χ2n) is 6.26. The number of rotatable bonds is 7. The zero-order valence-electron chi connectivity index (χ0n) is 15.5. The van der Waals surface area contributed by atoms with Gasteiger partial charge in [0.2, 0.25) is 15.9 Å². The second-order valence-corrected chi connectivity index (χ2v) is 7.82. The van der Waals surface area contributed by atoms with Crippen molar-refractivity contribution in [2.24, 2.45) is 5.14 Å². The SMILES string of the molecule is COc1ccc(CCC(=O)N(C)C(C)c2ccc(S(N)(=O)=O)cc2)cc1F. The Balaban J connectivity index is 2.00. The van der Waals surface area contributed by atoms with Gasteiger partial charge in [-0.05, 0) is 48.7 Å². The first kappa shape index (κ1) is 20.9. The van der Waals surface area contributed by atoms with Crippen LogP contribution in [0.2, 0.25) is 0 Å². The number of hydrogen-bond acceptors (Lipinski definition) is 4. The van der Waals surface area contributed by atoms with Crippen LogP contribution in [0, 0.1) is 5.82 Å². The molecule has 1 atom stereocenters. The van der Waals surface area contributed by atoms with Crippen LogP contribution in [0.1, 0.15) is 30.5 Å². The number of carbonyl (C=O) groups excluding carboxylic acids is 1. The molecular formula is C19H23FN2O4S. The smallest absolute Gasteiger partial charge is 0.238 e. The molecule has 2 rings (SSSR count). The fourth-order valence-corrected chi connectivity index (χ4v) is 3.18. The zero-order chi connectivity index (χ0) is 20.2. The highest BCUT2D eigenvalue weighted by Crippen LogP contribution is 2.22. The number of amides is 1. The number of ether oxygens (including phenoxy) is 1. The molecule has 2 aromatic carbocycles. The third-order valence-electron chi connectivity index (χ3n) is 4.51. The molecule has 2 N–H and O–H groups in total. The van der Waals surface area contributed by atoms with Gasteiger partial charge in [-0.3, -0.25) is 4.79 Å². The fourth-order valence-electron chi connectivity index (χ4n) is 2.67. The summed E-state index contributed by atoms with van der Waals surface area (Å²) in [6.07, 6.45) is 0.628. The molecule has 0 aliphatic rings. The molecule has 0 heterocycles. The Kier molecular flexibility index (Phi) is 6.56. The number of benzene rings is 2. The Morgan fingerprint density at radius 2 is 1.85 bits per heavy atom. The van der Waals surface area contributed by atoms with Crippen LogP contribution >= 0.6 is 0 Å². The minimum Gasteiger partial charge on any atom is -0.494 e. The van der Waals surface area contributed by atoms with Crippen molar-refractivity contribution in [3.8, 4) is 5.75 Å². The highest BCUT2D eigenvalue weighted by Gasteiger charge is 2.18. The van der Waals surface area contributed by atoms with Crippen LogP contribution in [0.25, 0.3) is 0 Å². The van der Waals surface area contributed by atoms with Crippen LogP contribution in [-0.2, 0) is 21.2 Å². The van der Waals surface area contributed by atoms with Gasteiger partial charge in [0.1, 0.15) is 0 Å². The average Bonchev–Trinajstić information content (AvgIpc) is 2.64. The summed E-state index contributed by atoms with van der Waals surface area (Å²) < 4.78 is 41.2. The molecule has 0 fully saturated rings. The first-order valence-electron chi connectivity index (χ1n) is 8.34. The monoisotopic (exact) mass is 394 g/mol. The number of primary sulfonamides is 1. The quantitative estimate of drug-likeness (QED) is 0.782. The highest BCUT2D eigenvalue weighted by molar-refractivity contribution is 7.89. The average molecular weight is 394 g/mol. The fraction of sp³-hybridized carbons (Fsp3) is 0.316. The van der Waals surface area contributed by atoms with Crippen molar-refractivity contribution in [1.82, 2.24) is 4.90 Å². The largest absolute Gasteiger partial charge is 0.494 e.